The van der Waals surface area contributed by atoms with Crippen LogP contribution < -0.4 is 0 Å². The highest BCUT2D eigenvalue weighted by Gasteiger charge is 2.08. The van der Waals surface area contributed by atoms with Gasteiger partial charge in [-0.1, -0.05) is 52.5 Å². The van der Waals surface area contributed by atoms with Crippen LogP contribution >= 0.6 is 11.8 Å². The summed E-state index contributed by atoms with van der Waals surface area (Å²) >= 11 is 1.96. The van der Waals surface area contributed by atoms with Gasteiger partial charge in [0.05, 0.1) is 0 Å². The molecule has 82 valence electrons. The van der Waals surface area contributed by atoms with E-state index in [2.05, 4.69) is 25.7 Å². The monoisotopic (exact) mass is 212 g/mol. The third-order valence-corrected chi connectivity index (χ3v) is 2.57. The molecular weight excluding hydrogens is 188 g/mol. The van der Waals surface area contributed by atoms with Gasteiger partial charge in [-0.05, 0) is 18.1 Å². The summed E-state index contributed by atoms with van der Waals surface area (Å²) in [6, 6.07) is 0. The first-order valence-corrected chi connectivity index (χ1v) is 6.59. The van der Waals surface area contributed by atoms with E-state index in [1.54, 1.807) is 0 Å². The lowest BCUT2D eigenvalue weighted by Gasteiger charge is -1.92. The summed E-state index contributed by atoms with van der Waals surface area (Å²) in [6.45, 7) is 13.8. The minimum absolute atomic E-state index is 1.14. The first-order chi connectivity index (χ1) is 6.88. The largest absolute Gasteiger partial charge is 0.152 e. The van der Waals surface area contributed by atoms with Crippen LogP contribution in [0.4, 0.5) is 0 Å². The lowest BCUT2D eigenvalue weighted by atomic mass is 10.1. The molecule has 0 nitrogen and oxygen atoms in total. The second-order valence-corrected chi connectivity index (χ2v) is 3.23. The second kappa shape index (κ2) is 12.6. The fourth-order valence-corrected chi connectivity index (χ4v) is 2.13. The fourth-order valence-electron chi connectivity index (χ4n) is 1.00. The molecule has 0 saturated carbocycles. The van der Waals surface area contributed by atoms with Crippen molar-refractivity contribution >= 4 is 11.8 Å². The lowest BCUT2D eigenvalue weighted by molar-refractivity contribution is 1.45. The van der Waals surface area contributed by atoms with Crippen molar-refractivity contribution in [2.24, 2.45) is 0 Å². The predicted molar refractivity (Wildman–Crippen MR) is 72.1 cm³/mol. The van der Waals surface area contributed by atoms with Crippen LogP contribution in [0, 0.1) is 0 Å². The molecule has 1 aliphatic heterocycles. The van der Waals surface area contributed by atoms with E-state index in [1.807, 2.05) is 45.5 Å². The number of thioether (sulfide) groups is 1. The fraction of sp³-hybridized carbons (Fsp3) is 0.538. The summed E-state index contributed by atoms with van der Waals surface area (Å²) in [5, 5.41) is 0. The van der Waals surface area contributed by atoms with Crippen LogP contribution in [0.5, 0.6) is 0 Å². The van der Waals surface area contributed by atoms with Crippen LogP contribution in [0.15, 0.2) is 36.0 Å². The molecule has 1 heteroatoms. The first kappa shape index (κ1) is 16.0. The number of hydrogen-bond acceptors (Lipinski definition) is 1. The Morgan fingerprint density at radius 3 is 2.00 bits per heavy atom. The van der Waals surface area contributed by atoms with Gasteiger partial charge in [-0.15, -0.1) is 0 Å². The molecule has 0 aliphatic carbocycles. The van der Waals surface area contributed by atoms with E-state index in [0.29, 0.717) is 0 Å². The average Bonchev–Trinajstić information content (AvgIpc) is 2.72. The maximum Gasteiger partial charge on any atom is 0.0190 e. The Kier molecular flexibility index (Phi) is 14.4. The van der Waals surface area contributed by atoms with Gasteiger partial charge in [0.15, 0.2) is 0 Å². The Balaban J connectivity index is 0. The minimum atomic E-state index is 1.14. The zero-order valence-electron chi connectivity index (χ0n) is 10.3. The topological polar surface area (TPSA) is 0 Å². The van der Waals surface area contributed by atoms with Crippen LogP contribution in [-0.2, 0) is 0 Å². The Hall–Kier alpha value is -0.430. The number of hydrogen-bond donors (Lipinski definition) is 0. The third kappa shape index (κ3) is 6.09. The quantitative estimate of drug-likeness (QED) is 0.631. The van der Waals surface area contributed by atoms with Crippen LogP contribution in [-0.4, -0.2) is 11.5 Å². The van der Waals surface area contributed by atoms with Gasteiger partial charge in [0.2, 0.25) is 0 Å². The van der Waals surface area contributed by atoms with E-state index in [-0.39, 0.29) is 0 Å². The van der Waals surface area contributed by atoms with Crippen LogP contribution in [0.25, 0.3) is 0 Å². The molecule has 1 aliphatic rings. The molecule has 0 aromatic carbocycles. The molecular formula is C13H24S. The summed E-state index contributed by atoms with van der Waals surface area (Å²) < 4.78 is 0. The standard InChI is InChI=1S/C9H12S.2C2H6/c1-3-5-9-7-10-6-8(9)4-2;2*1-2/h3-5H,2,6-7H2,1H3;2*1-2H3/b5-3-;;. The van der Waals surface area contributed by atoms with Crippen LogP contribution in [0.3, 0.4) is 0 Å². The van der Waals surface area contributed by atoms with E-state index >= 15 is 0 Å². The van der Waals surface area contributed by atoms with Gasteiger partial charge in [-0.25, -0.2) is 0 Å². The molecule has 0 amide bonds. The smallest absolute Gasteiger partial charge is 0.0190 e. The maximum absolute atomic E-state index is 3.77. The van der Waals surface area contributed by atoms with Gasteiger partial charge in [0.25, 0.3) is 0 Å². The lowest BCUT2D eigenvalue weighted by Crippen LogP contribution is -1.79. The number of rotatable bonds is 2. The zero-order chi connectivity index (χ0) is 11.4. The zero-order valence-corrected chi connectivity index (χ0v) is 11.1. The summed E-state index contributed by atoms with van der Waals surface area (Å²) in [6.07, 6.45) is 6.23. The van der Waals surface area contributed by atoms with Crippen molar-refractivity contribution in [3.63, 3.8) is 0 Å². The second-order valence-electron chi connectivity index (χ2n) is 2.25. The van der Waals surface area contributed by atoms with Gasteiger partial charge >= 0.3 is 0 Å². The van der Waals surface area contributed by atoms with Gasteiger partial charge in [0, 0.05) is 11.5 Å². The molecule has 0 aromatic heterocycles. The summed E-state index contributed by atoms with van der Waals surface area (Å²) in [7, 11) is 0. The molecule has 0 radical (unpaired) electrons. The SMILES string of the molecule is C=CC1=C(/C=C\C)CSC1.CC.CC. The number of allylic oxidation sites excluding steroid dienone is 3. The average molecular weight is 212 g/mol. The summed E-state index contributed by atoms with van der Waals surface area (Å²) in [4.78, 5) is 0. The van der Waals surface area contributed by atoms with Crippen molar-refractivity contribution in [3.05, 3.63) is 36.0 Å². The molecule has 0 fully saturated rings. The van der Waals surface area contributed by atoms with Crippen molar-refractivity contribution in [3.8, 4) is 0 Å². The minimum Gasteiger partial charge on any atom is -0.152 e. The Morgan fingerprint density at radius 2 is 1.57 bits per heavy atom. The predicted octanol–water partition coefficient (Wildman–Crippen LogP) is 4.84. The van der Waals surface area contributed by atoms with Crippen molar-refractivity contribution in [1.29, 1.82) is 0 Å². The molecule has 0 N–H and O–H groups in total. The van der Waals surface area contributed by atoms with Gasteiger partial charge in [-0.3, -0.25) is 0 Å². The normalized spacial score (nSPS) is 14.4. The van der Waals surface area contributed by atoms with E-state index in [9.17, 15) is 0 Å². The molecule has 0 aromatic rings. The first-order valence-electron chi connectivity index (χ1n) is 5.43. The van der Waals surface area contributed by atoms with E-state index in [0.717, 1.165) is 11.5 Å². The molecule has 14 heavy (non-hydrogen) atoms. The van der Waals surface area contributed by atoms with Crippen LogP contribution in [0.2, 0.25) is 0 Å². The molecule has 0 saturated heterocycles. The van der Waals surface area contributed by atoms with Crippen molar-refractivity contribution in [2.75, 3.05) is 11.5 Å². The third-order valence-electron chi connectivity index (χ3n) is 1.54. The van der Waals surface area contributed by atoms with Gasteiger partial charge in [0.1, 0.15) is 0 Å². The van der Waals surface area contributed by atoms with Crippen molar-refractivity contribution in [1.82, 2.24) is 0 Å². The van der Waals surface area contributed by atoms with E-state index in [1.165, 1.54) is 11.1 Å². The highest BCUT2D eigenvalue weighted by Crippen LogP contribution is 2.25. The van der Waals surface area contributed by atoms with Crippen molar-refractivity contribution < 1.29 is 0 Å². The van der Waals surface area contributed by atoms with E-state index < -0.39 is 0 Å². The Labute approximate surface area is 94.2 Å². The Bertz CT molecular complexity index is 187. The molecule has 0 unspecified atom stereocenters. The molecule has 0 spiro atoms. The highest BCUT2D eigenvalue weighted by atomic mass is 32.2. The van der Waals surface area contributed by atoms with Crippen molar-refractivity contribution in [2.45, 2.75) is 34.6 Å². The Morgan fingerprint density at radius 1 is 1.07 bits per heavy atom. The molecule has 0 atom stereocenters. The summed E-state index contributed by atoms with van der Waals surface area (Å²) in [5.74, 6) is 2.30. The van der Waals surface area contributed by atoms with Gasteiger partial charge in [-0.2, -0.15) is 11.8 Å². The molecule has 1 heterocycles. The molecule has 1 rings (SSSR count). The van der Waals surface area contributed by atoms with Crippen LogP contribution in [0.1, 0.15) is 34.6 Å². The maximum atomic E-state index is 3.77. The summed E-state index contributed by atoms with van der Waals surface area (Å²) in [5.41, 5.74) is 2.85. The van der Waals surface area contributed by atoms with Gasteiger partial charge < -0.3 is 0 Å². The highest BCUT2D eigenvalue weighted by molar-refractivity contribution is 7.99. The molecule has 0 bridgehead atoms. The van der Waals surface area contributed by atoms with E-state index in [4.69, 9.17) is 0 Å².